The van der Waals surface area contributed by atoms with Gasteiger partial charge in [0.2, 0.25) is 0 Å². The molecule has 4 nitrogen and oxygen atoms in total. The molecule has 5 heteroatoms. The third kappa shape index (κ3) is 3.80. The van der Waals surface area contributed by atoms with Gasteiger partial charge in [-0.25, -0.2) is 9.97 Å². The van der Waals surface area contributed by atoms with Crippen molar-refractivity contribution in [2.24, 2.45) is 0 Å². The molecule has 1 heterocycles. The summed E-state index contributed by atoms with van der Waals surface area (Å²) in [6.07, 6.45) is 4.37. The second-order valence-electron chi connectivity index (χ2n) is 3.84. The lowest BCUT2D eigenvalue weighted by Crippen LogP contribution is -2.38. The Bertz CT molecular complexity index is 371. The van der Waals surface area contributed by atoms with Crippen LogP contribution in [-0.4, -0.2) is 28.3 Å². The highest BCUT2D eigenvalue weighted by Gasteiger charge is 2.20. The molecule has 1 N–H and O–H groups in total. The van der Waals surface area contributed by atoms with Gasteiger partial charge in [0.05, 0.1) is 6.07 Å². The van der Waals surface area contributed by atoms with Gasteiger partial charge in [-0.15, -0.1) is 0 Å². The van der Waals surface area contributed by atoms with Crippen LogP contribution in [0.15, 0.2) is 17.6 Å². The minimum absolute atomic E-state index is 0.461. The van der Waals surface area contributed by atoms with Gasteiger partial charge in [0.25, 0.3) is 0 Å². The molecule has 1 aromatic heterocycles. The average molecular weight is 236 g/mol. The lowest BCUT2D eigenvalue weighted by molar-refractivity contribution is 0.479. The predicted octanol–water partition coefficient (Wildman–Crippen LogP) is 1.77. The number of nitrogens with one attached hydrogen (secondary N) is 1. The molecule has 0 radical (unpaired) electrons. The fraction of sp³-hybridized carbons (Fsp3) is 0.545. The van der Waals surface area contributed by atoms with Crippen molar-refractivity contribution in [1.82, 2.24) is 15.3 Å². The van der Waals surface area contributed by atoms with Gasteiger partial charge in [0, 0.05) is 18.1 Å². The summed E-state index contributed by atoms with van der Waals surface area (Å²) in [4.78, 5) is 8.40. The molecule has 0 spiro atoms. The van der Waals surface area contributed by atoms with Crippen LogP contribution in [0.4, 0.5) is 0 Å². The fourth-order valence-electron chi connectivity index (χ4n) is 1.04. The molecular weight excluding hydrogens is 220 g/mol. The van der Waals surface area contributed by atoms with Crippen molar-refractivity contribution >= 4 is 11.8 Å². The summed E-state index contributed by atoms with van der Waals surface area (Å²) in [5.74, 6) is 0.827. The molecule has 0 amide bonds. The van der Waals surface area contributed by atoms with Crippen LogP contribution in [-0.2, 0) is 0 Å². The van der Waals surface area contributed by atoms with E-state index in [1.54, 1.807) is 31.2 Å². The molecule has 0 fully saturated rings. The summed E-state index contributed by atoms with van der Waals surface area (Å²) in [5.41, 5.74) is 0.596. The summed E-state index contributed by atoms with van der Waals surface area (Å²) in [5, 5.41) is 12.7. The van der Waals surface area contributed by atoms with Gasteiger partial charge in [-0.2, -0.15) is 5.26 Å². The Morgan fingerprint density at radius 3 is 2.62 bits per heavy atom. The van der Waals surface area contributed by atoms with Crippen LogP contribution >= 0.6 is 11.8 Å². The number of thioether (sulfide) groups is 1. The van der Waals surface area contributed by atoms with Gasteiger partial charge in [-0.3, -0.25) is 0 Å². The van der Waals surface area contributed by atoms with Crippen LogP contribution in [0.3, 0.4) is 0 Å². The zero-order valence-electron chi connectivity index (χ0n) is 9.82. The van der Waals surface area contributed by atoms with E-state index in [1.165, 1.54) is 0 Å². The van der Waals surface area contributed by atoms with Crippen molar-refractivity contribution in [3.05, 3.63) is 18.0 Å². The summed E-state index contributed by atoms with van der Waals surface area (Å²) >= 11 is 1.57. The molecule has 1 unspecified atom stereocenters. The zero-order valence-corrected chi connectivity index (χ0v) is 10.6. The summed E-state index contributed by atoms with van der Waals surface area (Å²) in [6, 6.07) is 2.26. The van der Waals surface area contributed by atoms with Crippen molar-refractivity contribution in [3.63, 3.8) is 0 Å². The molecule has 16 heavy (non-hydrogen) atoms. The van der Waals surface area contributed by atoms with Crippen LogP contribution in [0.1, 0.15) is 18.9 Å². The first-order chi connectivity index (χ1) is 7.59. The highest BCUT2D eigenvalue weighted by atomic mass is 32.2. The Morgan fingerprint density at radius 1 is 1.50 bits per heavy atom. The molecule has 0 aliphatic heterocycles. The average Bonchev–Trinajstić information content (AvgIpc) is 2.31. The first-order valence-electron chi connectivity index (χ1n) is 5.11. The van der Waals surface area contributed by atoms with Crippen molar-refractivity contribution in [2.45, 2.75) is 31.0 Å². The van der Waals surface area contributed by atoms with Gasteiger partial charge in [-0.1, -0.05) is 11.8 Å². The van der Waals surface area contributed by atoms with Crippen LogP contribution in [0.25, 0.3) is 0 Å². The molecule has 0 aliphatic rings. The van der Waals surface area contributed by atoms with Gasteiger partial charge in [0.15, 0.2) is 5.16 Å². The molecule has 0 saturated heterocycles. The second-order valence-corrected chi connectivity index (χ2v) is 4.90. The van der Waals surface area contributed by atoms with E-state index in [1.807, 2.05) is 13.8 Å². The lowest BCUT2D eigenvalue weighted by atomic mass is 10.0. The Morgan fingerprint density at radius 2 is 2.12 bits per heavy atom. The van der Waals surface area contributed by atoms with E-state index in [2.05, 4.69) is 21.4 Å². The maximum atomic E-state index is 8.97. The topological polar surface area (TPSA) is 61.6 Å². The Labute approximate surface area is 100 Å². The van der Waals surface area contributed by atoms with Crippen molar-refractivity contribution in [3.8, 4) is 6.07 Å². The molecule has 0 bridgehead atoms. The van der Waals surface area contributed by atoms with Crippen molar-refractivity contribution in [1.29, 1.82) is 5.26 Å². The highest BCUT2D eigenvalue weighted by molar-refractivity contribution is 7.99. The number of nitrogens with zero attached hydrogens (tertiary/aromatic N) is 3. The van der Waals surface area contributed by atoms with Crippen LogP contribution in [0.5, 0.6) is 0 Å². The van der Waals surface area contributed by atoms with Crippen LogP contribution in [0.2, 0.25) is 0 Å². The molecule has 0 aromatic carbocycles. The van der Waals surface area contributed by atoms with E-state index in [-0.39, 0.29) is 0 Å². The van der Waals surface area contributed by atoms with Gasteiger partial charge >= 0.3 is 0 Å². The predicted molar refractivity (Wildman–Crippen MR) is 65.2 cm³/mol. The van der Waals surface area contributed by atoms with Crippen LogP contribution < -0.4 is 5.32 Å². The monoisotopic (exact) mass is 236 g/mol. The maximum Gasteiger partial charge on any atom is 0.187 e. The Kier molecular flexibility index (Phi) is 4.71. The normalized spacial score (nSPS) is 14.1. The number of aromatic nitrogens is 2. The molecule has 1 aromatic rings. The maximum absolute atomic E-state index is 8.97. The van der Waals surface area contributed by atoms with E-state index in [0.717, 1.165) is 22.9 Å². The van der Waals surface area contributed by atoms with Crippen molar-refractivity contribution < 1.29 is 0 Å². The number of hydrogen-bond acceptors (Lipinski definition) is 5. The van der Waals surface area contributed by atoms with Crippen molar-refractivity contribution in [2.75, 3.05) is 12.8 Å². The van der Waals surface area contributed by atoms with Gasteiger partial charge < -0.3 is 5.32 Å². The largest absolute Gasteiger partial charge is 0.303 e. The number of nitriles is 1. The van der Waals surface area contributed by atoms with E-state index in [4.69, 9.17) is 5.26 Å². The third-order valence-corrected chi connectivity index (χ3v) is 3.27. The summed E-state index contributed by atoms with van der Waals surface area (Å²) in [6.45, 7) is 3.85. The summed E-state index contributed by atoms with van der Waals surface area (Å²) in [7, 11) is 1.80. The standard InChI is InChI=1S/C11H16N4S/c1-9-6-14-10(15-7-9)16-5-4-11(2,8-12)13-3/h6-7,13H,4-5H2,1-3H3. The minimum atomic E-state index is -0.461. The Hall–Kier alpha value is -1.12. The molecule has 0 aliphatic carbocycles. The molecule has 1 rings (SSSR count). The third-order valence-electron chi connectivity index (χ3n) is 2.39. The van der Waals surface area contributed by atoms with E-state index < -0.39 is 5.54 Å². The van der Waals surface area contributed by atoms with Crippen LogP contribution in [0, 0.1) is 18.3 Å². The zero-order chi connectivity index (χ0) is 12.0. The molecule has 1 atom stereocenters. The molecule has 0 saturated carbocycles. The minimum Gasteiger partial charge on any atom is -0.303 e. The molecular formula is C11H16N4S. The van der Waals surface area contributed by atoms with E-state index in [9.17, 15) is 0 Å². The van der Waals surface area contributed by atoms with E-state index in [0.29, 0.717) is 0 Å². The SMILES string of the molecule is CNC(C)(C#N)CCSc1ncc(C)cn1. The number of aryl methyl sites for hydroxylation is 1. The summed E-state index contributed by atoms with van der Waals surface area (Å²) < 4.78 is 0. The van der Waals surface area contributed by atoms with Gasteiger partial charge in [-0.05, 0) is 32.9 Å². The van der Waals surface area contributed by atoms with Gasteiger partial charge in [0.1, 0.15) is 5.54 Å². The highest BCUT2D eigenvalue weighted by Crippen LogP contribution is 2.17. The number of rotatable bonds is 5. The molecule has 86 valence electrons. The fourth-order valence-corrected chi connectivity index (χ4v) is 1.99. The first kappa shape index (κ1) is 12.9. The number of hydrogen-bond donors (Lipinski definition) is 1. The first-order valence-corrected chi connectivity index (χ1v) is 6.10. The quantitative estimate of drug-likeness (QED) is 0.623. The van der Waals surface area contributed by atoms with E-state index >= 15 is 0 Å². The smallest absolute Gasteiger partial charge is 0.187 e. The second kappa shape index (κ2) is 5.83. The Balaban J connectivity index is 2.42. The lowest BCUT2D eigenvalue weighted by Gasteiger charge is -2.19.